The zero-order valence-electron chi connectivity index (χ0n) is 13.9. The Hall–Kier alpha value is -2.63. The molecule has 0 spiro atoms. The van der Waals surface area contributed by atoms with Gasteiger partial charge in [0, 0.05) is 37.4 Å². The lowest BCUT2D eigenvalue weighted by Crippen LogP contribution is -2.47. The molecule has 4 rings (SSSR count). The summed E-state index contributed by atoms with van der Waals surface area (Å²) < 4.78 is 4.97. The Bertz CT molecular complexity index is 737. The Balaban J connectivity index is 1.25. The van der Waals surface area contributed by atoms with Crippen LogP contribution >= 0.6 is 0 Å². The summed E-state index contributed by atoms with van der Waals surface area (Å²) in [7, 11) is 0. The van der Waals surface area contributed by atoms with Crippen LogP contribution in [-0.2, 0) is 4.79 Å². The fourth-order valence-electron chi connectivity index (χ4n) is 3.55. The highest BCUT2D eigenvalue weighted by atomic mass is 16.3. The van der Waals surface area contributed by atoms with Gasteiger partial charge in [0.2, 0.25) is 5.91 Å². The maximum Gasteiger partial charge on any atom is 0.257 e. The number of pyridine rings is 1. The monoisotopic (exact) mass is 339 g/mol. The Kier molecular flexibility index (Phi) is 4.26. The second-order valence-electron chi connectivity index (χ2n) is 6.82. The number of hydrogen-bond donors (Lipinski definition) is 1. The van der Waals surface area contributed by atoms with E-state index in [2.05, 4.69) is 10.3 Å². The number of hydrogen-bond acceptors (Lipinski definition) is 4. The van der Waals surface area contributed by atoms with E-state index < -0.39 is 0 Å². The van der Waals surface area contributed by atoms with Gasteiger partial charge in [-0.1, -0.05) is 6.07 Å². The number of amides is 2. The van der Waals surface area contributed by atoms with Crippen LogP contribution in [0.4, 0.5) is 0 Å². The average Bonchev–Trinajstić information content (AvgIpc) is 3.28. The van der Waals surface area contributed by atoms with Crippen LogP contribution in [0.25, 0.3) is 0 Å². The van der Waals surface area contributed by atoms with E-state index in [1.165, 1.54) is 12.5 Å². The van der Waals surface area contributed by atoms with E-state index in [0.717, 1.165) is 24.8 Å². The molecule has 2 aromatic rings. The average molecular weight is 339 g/mol. The molecule has 0 radical (unpaired) electrons. The summed E-state index contributed by atoms with van der Waals surface area (Å²) in [6, 6.07) is 5.78. The van der Waals surface area contributed by atoms with Crippen molar-refractivity contribution in [1.82, 2.24) is 15.2 Å². The van der Waals surface area contributed by atoms with E-state index in [4.69, 9.17) is 4.42 Å². The molecule has 130 valence electrons. The fourth-order valence-corrected chi connectivity index (χ4v) is 3.55. The van der Waals surface area contributed by atoms with Crippen molar-refractivity contribution in [2.75, 3.05) is 13.1 Å². The lowest BCUT2D eigenvalue weighted by molar-refractivity contribution is -0.123. The molecular weight excluding hydrogens is 318 g/mol. The Labute approximate surface area is 146 Å². The molecule has 1 aliphatic carbocycles. The van der Waals surface area contributed by atoms with Crippen LogP contribution in [0, 0.1) is 5.92 Å². The molecule has 1 aliphatic heterocycles. The number of likely N-dealkylation sites (tertiary alicyclic amines) is 1. The van der Waals surface area contributed by atoms with Crippen molar-refractivity contribution in [2.24, 2.45) is 5.92 Å². The Morgan fingerprint density at radius 3 is 2.76 bits per heavy atom. The minimum absolute atomic E-state index is 0.00244. The van der Waals surface area contributed by atoms with Crippen molar-refractivity contribution >= 4 is 11.8 Å². The number of nitrogens with zero attached hydrogens (tertiary/aromatic N) is 2. The molecular formula is C19H21N3O3. The molecule has 2 amide bonds. The summed E-state index contributed by atoms with van der Waals surface area (Å²) >= 11 is 0. The van der Waals surface area contributed by atoms with E-state index in [9.17, 15) is 9.59 Å². The molecule has 3 heterocycles. The van der Waals surface area contributed by atoms with E-state index in [1.807, 2.05) is 23.2 Å². The van der Waals surface area contributed by atoms with Crippen molar-refractivity contribution in [1.29, 1.82) is 0 Å². The van der Waals surface area contributed by atoms with E-state index in [1.54, 1.807) is 12.3 Å². The first-order valence-electron chi connectivity index (χ1n) is 8.74. The molecule has 0 aromatic carbocycles. The minimum Gasteiger partial charge on any atom is -0.472 e. The zero-order chi connectivity index (χ0) is 17.2. The lowest BCUT2D eigenvalue weighted by atomic mass is 10.0. The van der Waals surface area contributed by atoms with Gasteiger partial charge < -0.3 is 14.6 Å². The fraction of sp³-hybridized carbons (Fsp3) is 0.421. The quantitative estimate of drug-likeness (QED) is 0.926. The standard InChI is InChI=1S/C19H21N3O3/c23-18(17-10-16(17)13-2-1-6-20-11-13)21-15-3-7-22(8-4-15)19(24)14-5-9-25-12-14/h1-2,5-6,9,11-12,15-17H,3-4,7-8,10H2,(H,21,23)/t16-,17-/m1/s1. The molecule has 1 N–H and O–H groups in total. The second-order valence-corrected chi connectivity index (χ2v) is 6.82. The van der Waals surface area contributed by atoms with Gasteiger partial charge in [0.05, 0.1) is 11.8 Å². The molecule has 2 atom stereocenters. The summed E-state index contributed by atoms with van der Waals surface area (Å²) in [5.41, 5.74) is 1.72. The van der Waals surface area contributed by atoms with Crippen LogP contribution < -0.4 is 5.32 Å². The molecule has 2 aliphatic rings. The Morgan fingerprint density at radius 1 is 1.24 bits per heavy atom. The number of nitrogens with one attached hydrogen (secondary N) is 1. The first-order chi connectivity index (χ1) is 12.2. The predicted molar refractivity (Wildman–Crippen MR) is 90.9 cm³/mol. The van der Waals surface area contributed by atoms with Gasteiger partial charge in [-0.05, 0) is 42.9 Å². The second kappa shape index (κ2) is 6.70. The van der Waals surface area contributed by atoms with Gasteiger partial charge in [0.15, 0.2) is 0 Å². The lowest BCUT2D eigenvalue weighted by Gasteiger charge is -2.32. The highest BCUT2D eigenvalue weighted by molar-refractivity contribution is 5.93. The third-order valence-corrected chi connectivity index (χ3v) is 5.14. The highest BCUT2D eigenvalue weighted by Crippen LogP contribution is 2.47. The number of piperidine rings is 1. The number of aromatic nitrogens is 1. The molecule has 1 saturated heterocycles. The normalized spacial score (nSPS) is 23.3. The van der Waals surface area contributed by atoms with E-state index >= 15 is 0 Å². The Morgan fingerprint density at radius 2 is 2.08 bits per heavy atom. The van der Waals surface area contributed by atoms with E-state index in [-0.39, 0.29) is 23.8 Å². The number of rotatable bonds is 4. The van der Waals surface area contributed by atoms with Crippen LogP contribution in [0.5, 0.6) is 0 Å². The first-order valence-corrected chi connectivity index (χ1v) is 8.74. The summed E-state index contributed by atoms with van der Waals surface area (Å²) in [6.45, 7) is 1.32. The third-order valence-electron chi connectivity index (χ3n) is 5.14. The minimum atomic E-state index is -0.00244. The number of carbonyl (C=O) groups is 2. The van der Waals surface area contributed by atoms with Crippen molar-refractivity contribution < 1.29 is 14.0 Å². The van der Waals surface area contributed by atoms with Crippen molar-refractivity contribution in [3.05, 3.63) is 54.2 Å². The van der Waals surface area contributed by atoms with Crippen molar-refractivity contribution in [2.45, 2.75) is 31.2 Å². The molecule has 0 bridgehead atoms. The third kappa shape index (κ3) is 3.43. The smallest absolute Gasteiger partial charge is 0.257 e. The van der Waals surface area contributed by atoms with Crippen molar-refractivity contribution in [3.8, 4) is 0 Å². The molecule has 2 fully saturated rings. The van der Waals surface area contributed by atoms with Crippen LogP contribution in [0.1, 0.15) is 41.1 Å². The van der Waals surface area contributed by atoms with Gasteiger partial charge in [0.25, 0.3) is 5.91 Å². The predicted octanol–water partition coefficient (Wildman–Crippen LogP) is 2.20. The summed E-state index contributed by atoms with van der Waals surface area (Å²) in [4.78, 5) is 30.7. The zero-order valence-corrected chi connectivity index (χ0v) is 13.9. The van der Waals surface area contributed by atoms with Gasteiger partial charge in [-0.15, -0.1) is 0 Å². The van der Waals surface area contributed by atoms with Crippen LogP contribution in [0.2, 0.25) is 0 Å². The number of furan rings is 1. The van der Waals surface area contributed by atoms with Gasteiger partial charge in [-0.2, -0.15) is 0 Å². The summed E-state index contributed by atoms with van der Waals surface area (Å²) in [5.74, 6) is 0.497. The topological polar surface area (TPSA) is 75.4 Å². The molecule has 6 heteroatoms. The molecule has 0 unspecified atom stereocenters. The molecule has 1 saturated carbocycles. The maximum atomic E-state index is 12.4. The van der Waals surface area contributed by atoms with Crippen LogP contribution in [0.15, 0.2) is 47.5 Å². The highest BCUT2D eigenvalue weighted by Gasteiger charge is 2.44. The van der Waals surface area contributed by atoms with Crippen LogP contribution in [0.3, 0.4) is 0 Å². The van der Waals surface area contributed by atoms with Gasteiger partial charge >= 0.3 is 0 Å². The molecule has 2 aromatic heterocycles. The van der Waals surface area contributed by atoms with Crippen LogP contribution in [-0.4, -0.2) is 40.8 Å². The largest absolute Gasteiger partial charge is 0.472 e. The molecule has 25 heavy (non-hydrogen) atoms. The SMILES string of the molecule is O=C(NC1CCN(C(=O)c2ccoc2)CC1)[C@@H]1C[C@@H]1c1cccnc1. The van der Waals surface area contributed by atoms with Gasteiger partial charge in [-0.3, -0.25) is 14.6 Å². The van der Waals surface area contributed by atoms with Crippen molar-refractivity contribution in [3.63, 3.8) is 0 Å². The maximum absolute atomic E-state index is 12.4. The number of carbonyl (C=O) groups excluding carboxylic acids is 2. The summed E-state index contributed by atoms with van der Waals surface area (Å²) in [5, 5.41) is 3.16. The van der Waals surface area contributed by atoms with E-state index in [0.29, 0.717) is 24.6 Å². The molecule has 6 nitrogen and oxygen atoms in total. The van der Waals surface area contributed by atoms with Gasteiger partial charge in [0.1, 0.15) is 6.26 Å². The summed E-state index contributed by atoms with van der Waals surface area (Å²) in [6.07, 6.45) is 9.06. The first kappa shape index (κ1) is 15.9. The van der Waals surface area contributed by atoms with Gasteiger partial charge in [-0.25, -0.2) is 0 Å².